The molecule has 7 nitrogen and oxygen atoms in total. The Hall–Kier alpha value is -3.26. The summed E-state index contributed by atoms with van der Waals surface area (Å²) in [5.41, 5.74) is 3.58. The van der Waals surface area contributed by atoms with Gasteiger partial charge >= 0.3 is 0 Å². The molecule has 0 unspecified atom stereocenters. The molecule has 0 saturated carbocycles. The van der Waals surface area contributed by atoms with Crippen LogP contribution in [-0.4, -0.2) is 32.1 Å². The molecule has 26 heavy (non-hydrogen) atoms. The smallest absolute Gasteiger partial charge is 0.265 e. The number of pyridine rings is 1. The maximum Gasteiger partial charge on any atom is 0.265 e. The summed E-state index contributed by atoms with van der Waals surface area (Å²) in [6.07, 6.45) is 4.67. The summed E-state index contributed by atoms with van der Waals surface area (Å²) in [5.74, 6) is -0.529. The Balaban J connectivity index is 1.56. The second-order valence-electron chi connectivity index (χ2n) is 5.72. The van der Waals surface area contributed by atoms with Crippen molar-refractivity contribution < 1.29 is 13.2 Å². The van der Waals surface area contributed by atoms with E-state index in [0.29, 0.717) is 11.1 Å². The van der Waals surface area contributed by atoms with Crippen LogP contribution in [0.3, 0.4) is 0 Å². The van der Waals surface area contributed by atoms with Crippen LogP contribution in [0.25, 0.3) is 10.8 Å². The minimum Gasteiger partial charge on any atom is -0.271 e. The van der Waals surface area contributed by atoms with Crippen LogP contribution >= 0.6 is 0 Å². The maximum absolute atomic E-state index is 12.8. The van der Waals surface area contributed by atoms with Crippen LogP contribution in [0.4, 0.5) is 5.69 Å². The Morgan fingerprint density at radius 2 is 1.96 bits per heavy atom. The molecule has 1 aliphatic rings. The summed E-state index contributed by atoms with van der Waals surface area (Å²) in [6.45, 7) is -0.347. The van der Waals surface area contributed by atoms with Gasteiger partial charge in [0.25, 0.3) is 15.9 Å². The third-order valence-electron chi connectivity index (χ3n) is 4.06. The molecule has 1 aromatic heterocycles. The molecule has 1 amide bonds. The predicted octanol–water partition coefficient (Wildman–Crippen LogP) is 1.89. The number of hydrogen-bond acceptors (Lipinski definition) is 5. The highest BCUT2D eigenvalue weighted by molar-refractivity contribution is 7.93. The second kappa shape index (κ2) is 6.23. The van der Waals surface area contributed by atoms with Crippen LogP contribution < -0.4 is 9.73 Å². The van der Waals surface area contributed by atoms with E-state index >= 15 is 0 Å². The fraction of sp³-hybridized carbons (Fsp3) is 0.0556. The number of hydrogen-bond donors (Lipinski definition) is 1. The molecule has 4 rings (SSSR count). The van der Waals surface area contributed by atoms with Crippen LogP contribution in [0.2, 0.25) is 0 Å². The zero-order valence-electron chi connectivity index (χ0n) is 13.5. The lowest BCUT2D eigenvalue weighted by Gasteiger charge is -2.17. The van der Waals surface area contributed by atoms with E-state index in [1.54, 1.807) is 48.8 Å². The van der Waals surface area contributed by atoms with Gasteiger partial charge in [-0.05, 0) is 23.6 Å². The third-order valence-corrected chi connectivity index (χ3v) is 5.86. The largest absolute Gasteiger partial charge is 0.271 e. The van der Waals surface area contributed by atoms with E-state index < -0.39 is 15.9 Å². The summed E-state index contributed by atoms with van der Waals surface area (Å²) < 4.78 is 26.7. The van der Waals surface area contributed by atoms with E-state index in [2.05, 4.69) is 15.5 Å². The van der Waals surface area contributed by atoms with Gasteiger partial charge in [0, 0.05) is 23.3 Å². The van der Waals surface area contributed by atoms with E-state index in [9.17, 15) is 13.2 Å². The summed E-state index contributed by atoms with van der Waals surface area (Å²) in [7, 11) is -3.76. The number of anilines is 1. The first kappa shape index (κ1) is 16.2. The number of amides is 1. The number of rotatable bonds is 4. The fourth-order valence-electron chi connectivity index (χ4n) is 2.93. The molecule has 0 saturated heterocycles. The number of carbonyl (C=O) groups is 1. The molecule has 2 heterocycles. The van der Waals surface area contributed by atoms with E-state index in [4.69, 9.17) is 0 Å². The van der Waals surface area contributed by atoms with Gasteiger partial charge in [0.1, 0.15) is 6.54 Å². The van der Waals surface area contributed by atoms with Gasteiger partial charge in [-0.3, -0.25) is 14.1 Å². The fourth-order valence-corrected chi connectivity index (χ4v) is 4.59. The predicted molar refractivity (Wildman–Crippen MR) is 98.5 cm³/mol. The zero-order valence-corrected chi connectivity index (χ0v) is 14.3. The Morgan fingerprint density at radius 3 is 2.73 bits per heavy atom. The van der Waals surface area contributed by atoms with Crippen molar-refractivity contribution in [1.82, 2.24) is 10.4 Å². The molecular formula is C18H14N4O3S. The number of benzene rings is 2. The quantitative estimate of drug-likeness (QED) is 0.564. The molecule has 0 atom stereocenters. The SMILES string of the molecule is O=C(CN1c2cccc3cccc(c23)S1(=O)=O)NN=Cc1cccnc1. The van der Waals surface area contributed by atoms with Gasteiger partial charge in [-0.15, -0.1) is 0 Å². The molecule has 2 aromatic carbocycles. The first-order valence-corrected chi connectivity index (χ1v) is 9.28. The monoisotopic (exact) mass is 366 g/mol. The Kier molecular flexibility index (Phi) is 3.89. The van der Waals surface area contributed by atoms with Gasteiger partial charge in [-0.2, -0.15) is 5.10 Å². The minimum atomic E-state index is -3.76. The van der Waals surface area contributed by atoms with Gasteiger partial charge in [-0.1, -0.05) is 30.3 Å². The molecule has 0 radical (unpaired) electrons. The van der Waals surface area contributed by atoms with E-state index in [0.717, 1.165) is 15.3 Å². The molecule has 0 spiro atoms. The highest BCUT2D eigenvalue weighted by Gasteiger charge is 2.36. The average Bonchev–Trinajstić information content (AvgIpc) is 2.86. The first-order valence-electron chi connectivity index (χ1n) is 7.84. The molecule has 130 valence electrons. The topological polar surface area (TPSA) is 91.7 Å². The zero-order chi connectivity index (χ0) is 18.1. The van der Waals surface area contributed by atoms with Crippen molar-refractivity contribution >= 4 is 38.6 Å². The van der Waals surface area contributed by atoms with Crippen LogP contribution in [-0.2, 0) is 14.8 Å². The summed E-state index contributed by atoms with van der Waals surface area (Å²) in [6, 6.07) is 13.9. The van der Waals surface area contributed by atoms with Gasteiger partial charge in [0.05, 0.1) is 16.8 Å². The lowest BCUT2D eigenvalue weighted by molar-refractivity contribution is -0.119. The van der Waals surface area contributed by atoms with Gasteiger partial charge in [0.15, 0.2) is 0 Å². The van der Waals surface area contributed by atoms with E-state index in [-0.39, 0.29) is 11.4 Å². The molecular weight excluding hydrogens is 352 g/mol. The van der Waals surface area contributed by atoms with Crippen molar-refractivity contribution in [3.8, 4) is 0 Å². The number of nitrogens with zero attached hydrogens (tertiary/aromatic N) is 3. The Labute approximate surface area is 150 Å². The van der Waals surface area contributed by atoms with Gasteiger partial charge in [-0.25, -0.2) is 13.8 Å². The van der Waals surface area contributed by atoms with Gasteiger partial charge < -0.3 is 0 Å². The summed E-state index contributed by atoms with van der Waals surface area (Å²) in [5, 5.41) is 5.30. The van der Waals surface area contributed by atoms with Crippen LogP contribution in [0, 0.1) is 0 Å². The average molecular weight is 366 g/mol. The van der Waals surface area contributed by atoms with E-state index in [1.807, 2.05) is 12.1 Å². The number of aromatic nitrogens is 1. The lowest BCUT2D eigenvalue weighted by atomic mass is 10.1. The molecule has 0 aliphatic carbocycles. The summed E-state index contributed by atoms with van der Waals surface area (Å²) >= 11 is 0. The number of hydrazone groups is 1. The van der Waals surface area contributed by atoms with Crippen molar-refractivity contribution in [1.29, 1.82) is 0 Å². The van der Waals surface area contributed by atoms with Crippen molar-refractivity contribution in [2.24, 2.45) is 5.10 Å². The van der Waals surface area contributed by atoms with Crippen LogP contribution in [0.15, 0.2) is 70.9 Å². The number of nitrogens with one attached hydrogen (secondary N) is 1. The standard InChI is InChI=1S/C18H14N4O3S/c23-17(21-20-11-13-4-3-9-19-10-13)12-22-15-7-1-5-14-6-2-8-16(18(14)15)26(22,24)25/h1-11H,12H2,(H,21,23). The molecule has 3 aromatic rings. The van der Waals surface area contributed by atoms with Crippen molar-refractivity contribution in [3.05, 3.63) is 66.5 Å². The van der Waals surface area contributed by atoms with Crippen molar-refractivity contribution in [3.63, 3.8) is 0 Å². The minimum absolute atomic E-state index is 0.220. The Bertz CT molecular complexity index is 1120. The number of carbonyl (C=O) groups excluding carboxylic acids is 1. The molecule has 1 aliphatic heterocycles. The van der Waals surface area contributed by atoms with Crippen LogP contribution in [0.1, 0.15) is 5.56 Å². The molecule has 1 N–H and O–H groups in total. The molecule has 8 heteroatoms. The second-order valence-corrected chi connectivity index (χ2v) is 7.55. The third kappa shape index (κ3) is 2.70. The Morgan fingerprint density at radius 1 is 1.15 bits per heavy atom. The van der Waals surface area contributed by atoms with Crippen molar-refractivity contribution in [2.75, 3.05) is 10.8 Å². The normalized spacial score (nSPS) is 14.8. The van der Waals surface area contributed by atoms with Gasteiger partial charge in [0.2, 0.25) is 0 Å². The first-order chi connectivity index (χ1) is 12.6. The van der Waals surface area contributed by atoms with Crippen molar-refractivity contribution in [2.45, 2.75) is 4.90 Å². The maximum atomic E-state index is 12.8. The highest BCUT2D eigenvalue weighted by atomic mass is 32.2. The number of sulfonamides is 1. The van der Waals surface area contributed by atoms with Crippen LogP contribution in [0.5, 0.6) is 0 Å². The van der Waals surface area contributed by atoms with E-state index in [1.165, 1.54) is 6.21 Å². The molecule has 0 bridgehead atoms. The molecule has 0 fully saturated rings. The highest BCUT2D eigenvalue weighted by Crippen LogP contribution is 2.41. The lowest BCUT2D eigenvalue weighted by Crippen LogP contribution is -2.37. The summed E-state index contributed by atoms with van der Waals surface area (Å²) in [4.78, 5) is 16.4.